The lowest BCUT2D eigenvalue weighted by atomic mass is 10.1. The molecule has 2 rings (SSSR count). The Balaban J connectivity index is 2.57. The minimum Gasteiger partial charge on any atom is -0.508 e. The van der Waals surface area contributed by atoms with Crippen molar-refractivity contribution < 1.29 is 5.11 Å². The van der Waals surface area contributed by atoms with Gasteiger partial charge in [0, 0.05) is 6.04 Å². The molecule has 0 spiro atoms. The van der Waals surface area contributed by atoms with E-state index in [2.05, 4.69) is 0 Å². The molecule has 0 aliphatic heterocycles. The second-order valence-electron chi connectivity index (χ2n) is 2.99. The van der Waals surface area contributed by atoms with E-state index in [0.29, 0.717) is 5.75 Å². The first-order valence-electron chi connectivity index (χ1n) is 3.85. The number of rotatable bonds is 0. The normalized spacial score (nSPS) is 21.7. The zero-order valence-corrected chi connectivity index (χ0v) is 6.25. The van der Waals surface area contributed by atoms with Crippen molar-refractivity contribution in [2.45, 2.75) is 18.9 Å². The summed E-state index contributed by atoms with van der Waals surface area (Å²) in [5.74, 6) is 0.399. The largest absolute Gasteiger partial charge is 0.508 e. The van der Waals surface area contributed by atoms with Gasteiger partial charge in [-0.15, -0.1) is 0 Å². The molecule has 0 aromatic heterocycles. The van der Waals surface area contributed by atoms with Crippen LogP contribution in [0.3, 0.4) is 0 Å². The first-order chi connectivity index (χ1) is 5.29. The number of phenolic OH excluding ortho intramolecular Hbond substituents is 1. The van der Waals surface area contributed by atoms with Crippen LogP contribution in [0, 0.1) is 0 Å². The van der Waals surface area contributed by atoms with Crippen LogP contribution in [0.25, 0.3) is 0 Å². The van der Waals surface area contributed by atoms with Gasteiger partial charge in [0.25, 0.3) is 0 Å². The zero-order chi connectivity index (χ0) is 7.84. The molecule has 0 bridgehead atoms. The SMILES string of the molecule is N[C@@H]1CCc2c(O)cccc21. The van der Waals surface area contributed by atoms with Crippen LogP contribution in [-0.4, -0.2) is 5.11 Å². The van der Waals surface area contributed by atoms with Crippen molar-refractivity contribution in [3.8, 4) is 5.75 Å². The Kier molecular flexibility index (Phi) is 1.36. The summed E-state index contributed by atoms with van der Waals surface area (Å²) < 4.78 is 0. The number of benzene rings is 1. The number of fused-ring (bicyclic) bond motifs is 1. The van der Waals surface area contributed by atoms with Gasteiger partial charge in [0.1, 0.15) is 5.75 Å². The summed E-state index contributed by atoms with van der Waals surface area (Å²) in [7, 11) is 0. The van der Waals surface area contributed by atoms with E-state index in [1.54, 1.807) is 6.07 Å². The average molecular weight is 149 g/mol. The van der Waals surface area contributed by atoms with E-state index in [0.717, 1.165) is 24.0 Å². The predicted octanol–water partition coefficient (Wildman–Crippen LogP) is 1.34. The average Bonchev–Trinajstić information content (AvgIpc) is 2.35. The second-order valence-corrected chi connectivity index (χ2v) is 2.99. The molecule has 2 heteroatoms. The van der Waals surface area contributed by atoms with Crippen molar-refractivity contribution in [2.75, 3.05) is 0 Å². The molecular weight excluding hydrogens is 138 g/mol. The highest BCUT2D eigenvalue weighted by Crippen LogP contribution is 2.34. The fraction of sp³-hybridized carbons (Fsp3) is 0.333. The van der Waals surface area contributed by atoms with Gasteiger partial charge >= 0.3 is 0 Å². The van der Waals surface area contributed by atoms with Crippen LogP contribution < -0.4 is 5.73 Å². The standard InChI is InChI=1S/C9H11NO/c10-8-5-4-7-6(8)2-1-3-9(7)11/h1-3,8,11H,4-5,10H2/t8-/m1/s1. The maximum absolute atomic E-state index is 9.39. The van der Waals surface area contributed by atoms with Gasteiger partial charge < -0.3 is 10.8 Å². The Bertz CT molecular complexity index is 283. The third kappa shape index (κ3) is 0.906. The van der Waals surface area contributed by atoms with E-state index in [4.69, 9.17) is 5.73 Å². The number of aromatic hydroxyl groups is 1. The fourth-order valence-corrected chi connectivity index (χ4v) is 1.67. The molecule has 2 nitrogen and oxygen atoms in total. The van der Waals surface area contributed by atoms with E-state index in [1.165, 1.54) is 0 Å². The van der Waals surface area contributed by atoms with Crippen LogP contribution in [0.15, 0.2) is 18.2 Å². The Morgan fingerprint density at radius 1 is 1.45 bits per heavy atom. The topological polar surface area (TPSA) is 46.2 Å². The minimum absolute atomic E-state index is 0.136. The molecular formula is C9H11NO. The Hall–Kier alpha value is -1.02. The number of phenols is 1. The molecule has 1 aromatic rings. The molecule has 0 amide bonds. The monoisotopic (exact) mass is 149 g/mol. The first-order valence-corrected chi connectivity index (χ1v) is 3.85. The Morgan fingerprint density at radius 2 is 2.27 bits per heavy atom. The van der Waals surface area contributed by atoms with Gasteiger partial charge in [-0.25, -0.2) is 0 Å². The van der Waals surface area contributed by atoms with Gasteiger partial charge in [-0.2, -0.15) is 0 Å². The second kappa shape index (κ2) is 2.24. The molecule has 0 unspecified atom stereocenters. The van der Waals surface area contributed by atoms with E-state index >= 15 is 0 Å². The van der Waals surface area contributed by atoms with Crippen LogP contribution in [0.1, 0.15) is 23.6 Å². The number of nitrogens with two attached hydrogens (primary N) is 1. The lowest BCUT2D eigenvalue weighted by molar-refractivity contribution is 0.469. The number of hydrogen-bond acceptors (Lipinski definition) is 2. The van der Waals surface area contributed by atoms with E-state index in [9.17, 15) is 5.11 Å². The summed E-state index contributed by atoms with van der Waals surface area (Å²) in [5.41, 5.74) is 7.96. The molecule has 1 aliphatic carbocycles. The van der Waals surface area contributed by atoms with Gasteiger partial charge in [0.15, 0.2) is 0 Å². The summed E-state index contributed by atoms with van der Waals surface area (Å²) >= 11 is 0. The molecule has 1 aromatic carbocycles. The van der Waals surface area contributed by atoms with Crippen LogP contribution in [-0.2, 0) is 6.42 Å². The van der Waals surface area contributed by atoms with E-state index < -0.39 is 0 Å². The third-order valence-corrected chi connectivity index (χ3v) is 2.29. The van der Waals surface area contributed by atoms with Gasteiger partial charge in [-0.1, -0.05) is 12.1 Å². The summed E-state index contributed by atoms with van der Waals surface area (Å²) in [4.78, 5) is 0. The van der Waals surface area contributed by atoms with E-state index in [1.807, 2.05) is 12.1 Å². The Labute approximate surface area is 65.7 Å². The van der Waals surface area contributed by atoms with Crippen LogP contribution >= 0.6 is 0 Å². The highest BCUT2D eigenvalue weighted by atomic mass is 16.3. The fourth-order valence-electron chi connectivity index (χ4n) is 1.67. The lowest BCUT2D eigenvalue weighted by Gasteiger charge is -2.04. The van der Waals surface area contributed by atoms with Crippen molar-refractivity contribution in [1.82, 2.24) is 0 Å². The summed E-state index contributed by atoms with van der Waals surface area (Å²) in [6, 6.07) is 5.69. The van der Waals surface area contributed by atoms with Gasteiger partial charge in [0.05, 0.1) is 0 Å². The van der Waals surface area contributed by atoms with Crippen LogP contribution in [0.5, 0.6) is 5.75 Å². The van der Waals surface area contributed by atoms with Crippen LogP contribution in [0.4, 0.5) is 0 Å². The molecule has 58 valence electrons. The molecule has 0 radical (unpaired) electrons. The number of hydrogen-bond donors (Lipinski definition) is 2. The maximum Gasteiger partial charge on any atom is 0.119 e. The lowest BCUT2D eigenvalue weighted by Crippen LogP contribution is -2.04. The molecule has 0 fully saturated rings. The zero-order valence-electron chi connectivity index (χ0n) is 6.25. The molecule has 0 heterocycles. The van der Waals surface area contributed by atoms with Crippen LogP contribution in [0.2, 0.25) is 0 Å². The predicted molar refractivity (Wildman–Crippen MR) is 43.4 cm³/mol. The Morgan fingerprint density at radius 3 is 3.00 bits per heavy atom. The van der Waals surface area contributed by atoms with Crippen molar-refractivity contribution >= 4 is 0 Å². The molecule has 0 saturated carbocycles. The molecule has 0 saturated heterocycles. The highest BCUT2D eigenvalue weighted by Gasteiger charge is 2.20. The molecule has 3 N–H and O–H groups in total. The van der Waals surface area contributed by atoms with Gasteiger partial charge in [-0.3, -0.25) is 0 Å². The summed E-state index contributed by atoms with van der Waals surface area (Å²) in [6.07, 6.45) is 1.88. The third-order valence-electron chi connectivity index (χ3n) is 2.29. The van der Waals surface area contributed by atoms with Gasteiger partial charge in [0.2, 0.25) is 0 Å². The van der Waals surface area contributed by atoms with Crippen molar-refractivity contribution in [2.24, 2.45) is 5.73 Å². The molecule has 1 atom stereocenters. The van der Waals surface area contributed by atoms with Gasteiger partial charge in [-0.05, 0) is 30.0 Å². The maximum atomic E-state index is 9.39. The highest BCUT2D eigenvalue weighted by molar-refractivity contribution is 5.43. The van der Waals surface area contributed by atoms with Crippen molar-refractivity contribution in [3.63, 3.8) is 0 Å². The molecule has 11 heavy (non-hydrogen) atoms. The van der Waals surface area contributed by atoms with Crippen molar-refractivity contribution in [3.05, 3.63) is 29.3 Å². The minimum atomic E-state index is 0.136. The quantitative estimate of drug-likeness (QED) is 0.584. The molecule has 1 aliphatic rings. The summed E-state index contributed by atoms with van der Waals surface area (Å²) in [6.45, 7) is 0. The van der Waals surface area contributed by atoms with E-state index in [-0.39, 0.29) is 6.04 Å². The smallest absolute Gasteiger partial charge is 0.119 e. The first kappa shape index (κ1) is 6.68. The summed E-state index contributed by atoms with van der Waals surface area (Å²) in [5, 5.41) is 9.39. The van der Waals surface area contributed by atoms with Crippen molar-refractivity contribution in [1.29, 1.82) is 0 Å².